The maximum absolute atomic E-state index is 12.2. The number of hydrogen-bond donors (Lipinski definition) is 1. The summed E-state index contributed by atoms with van der Waals surface area (Å²) in [5.74, 6) is -1.71. The highest BCUT2D eigenvalue weighted by atomic mass is 35.5. The fraction of sp³-hybridized carbons (Fsp3) is 0.238. The Bertz CT molecular complexity index is 907. The molecule has 0 spiro atoms. The molecule has 2 aromatic carbocycles. The number of amides is 3. The lowest BCUT2D eigenvalue weighted by Gasteiger charge is -2.13. The standard InChI is InChI=1S/C21H19ClN2O5/c22-15-9-7-14(8-10-15)12-23-18(25)13-29-19(26)6-3-11-24-20(27)16-4-1-2-5-17(16)21(24)28/h1-2,4-5,7-10H,3,6,11-13H2,(H,23,25). The molecular formula is C21H19ClN2O5. The first-order valence-electron chi connectivity index (χ1n) is 9.07. The molecule has 29 heavy (non-hydrogen) atoms. The molecule has 7 nitrogen and oxygen atoms in total. The molecule has 3 amide bonds. The quantitative estimate of drug-likeness (QED) is 0.529. The summed E-state index contributed by atoms with van der Waals surface area (Å²) in [6, 6.07) is 13.6. The van der Waals surface area contributed by atoms with E-state index in [0.717, 1.165) is 10.5 Å². The number of nitrogens with one attached hydrogen (secondary N) is 1. The molecule has 0 aliphatic carbocycles. The fourth-order valence-electron chi connectivity index (χ4n) is 2.90. The second-order valence-corrected chi connectivity index (χ2v) is 6.91. The molecule has 0 unspecified atom stereocenters. The first kappa shape index (κ1) is 20.5. The van der Waals surface area contributed by atoms with Crippen molar-refractivity contribution in [2.75, 3.05) is 13.2 Å². The van der Waals surface area contributed by atoms with Crippen LogP contribution in [0.3, 0.4) is 0 Å². The van der Waals surface area contributed by atoms with Crippen LogP contribution >= 0.6 is 11.6 Å². The molecule has 1 heterocycles. The van der Waals surface area contributed by atoms with E-state index in [9.17, 15) is 19.2 Å². The van der Waals surface area contributed by atoms with E-state index in [1.165, 1.54) is 0 Å². The van der Waals surface area contributed by atoms with Crippen LogP contribution in [0.1, 0.15) is 39.1 Å². The number of hydrogen-bond acceptors (Lipinski definition) is 5. The van der Waals surface area contributed by atoms with Gasteiger partial charge in [-0.15, -0.1) is 0 Å². The van der Waals surface area contributed by atoms with E-state index in [0.29, 0.717) is 22.7 Å². The molecule has 150 valence electrons. The van der Waals surface area contributed by atoms with Crippen molar-refractivity contribution in [3.05, 3.63) is 70.2 Å². The summed E-state index contributed by atoms with van der Waals surface area (Å²) in [7, 11) is 0. The Morgan fingerprint density at radius 1 is 0.966 bits per heavy atom. The van der Waals surface area contributed by atoms with Crippen LogP contribution in [0, 0.1) is 0 Å². The highest BCUT2D eigenvalue weighted by Gasteiger charge is 2.34. The molecule has 0 fully saturated rings. The number of carbonyl (C=O) groups is 4. The summed E-state index contributed by atoms with van der Waals surface area (Å²) >= 11 is 5.80. The van der Waals surface area contributed by atoms with Crippen LogP contribution in [0.5, 0.6) is 0 Å². The fourth-order valence-corrected chi connectivity index (χ4v) is 3.02. The average Bonchev–Trinajstić information content (AvgIpc) is 2.97. The van der Waals surface area contributed by atoms with Gasteiger partial charge in [-0.25, -0.2) is 0 Å². The molecule has 1 aliphatic rings. The minimum Gasteiger partial charge on any atom is -0.456 e. The Morgan fingerprint density at radius 2 is 1.59 bits per heavy atom. The largest absolute Gasteiger partial charge is 0.456 e. The van der Waals surface area contributed by atoms with Gasteiger partial charge in [-0.1, -0.05) is 35.9 Å². The lowest BCUT2D eigenvalue weighted by Crippen LogP contribution is -2.31. The first-order valence-corrected chi connectivity index (χ1v) is 9.45. The zero-order valence-corrected chi connectivity index (χ0v) is 16.3. The zero-order valence-electron chi connectivity index (χ0n) is 15.5. The van der Waals surface area contributed by atoms with E-state index >= 15 is 0 Å². The van der Waals surface area contributed by atoms with E-state index in [-0.39, 0.29) is 37.8 Å². The van der Waals surface area contributed by atoms with Crippen molar-refractivity contribution >= 4 is 35.3 Å². The molecule has 8 heteroatoms. The van der Waals surface area contributed by atoms with Crippen LogP contribution in [-0.4, -0.2) is 41.7 Å². The lowest BCUT2D eigenvalue weighted by atomic mass is 10.1. The van der Waals surface area contributed by atoms with Crippen LogP contribution in [-0.2, 0) is 20.9 Å². The van der Waals surface area contributed by atoms with Gasteiger partial charge in [0.2, 0.25) is 0 Å². The molecule has 0 saturated carbocycles. The minimum absolute atomic E-state index is 0.00211. The van der Waals surface area contributed by atoms with Crippen molar-refractivity contribution in [2.45, 2.75) is 19.4 Å². The number of ether oxygens (including phenoxy) is 1. The number of imide groups is 1. The van der Waals surface area contributed by atoms with Crippen LogP contribution in [0.25, 0.3) is 0 Å². The predicted molar refractivity (Wildman–Crippen MR) is 105 cm³/mol. The van der Waals surface area contributed by atoms with E-state index in [4.69, 9.17) is 16.3 Å². The van der Waals surface area contributed by atoms with Gasteiger partial charge in [0.15, 0.2) is 6.61 Å². The van der Waals surface area contributed by atoms with Crippen molar-refractivity contribution in [3.63, 3.8) is 0 Å². The average molecular weight is 415 g/mol. The van der Waals surface area contributed by atoms with E-state index in [1.54, 1.807) is 48.5 Å². The third-order valence-corrected chi connectivity index (χ3v) is 4.66. The maximum atomic E-state index is 12.2. The molecule has 0 aromatic heterocycles. The number of rotatable bonds is 8. The molecule has 0 bridgehead atoms. The number of benzene rings is 2. The molecule has 0 radical (unpaired) electrons. The van der Waals surface area contributed by atoms with Gasteiger partial charge in [0.05, 0.1) is 11.1 Å². The number of halogens is 1. The third kappa shape index (κ3) is 5.20. The lowest BCUT2D eigenvalue weighted by molar-refractivity contribution is -0.148. The summed E-state index contributed by atoms with van der Waals surface area (Å²) in [6.45, 7) is 0.0247. The van der Waals surface area contributed by atoms with Crippen molar-refractivity contribution in [3.8, 4) is 0 Å². The van der Waals surface area contributed by atoms with Crippen LogP contribution in [0.15, 0.2) is 48.5 Å². The smallest absolute Gasteiger partial charge is 0.306 e. The summed E-state index contributed by atoms with van der Waals surface area (Å²) in [5.41, 5.74) is 1.62. The monoisotopic (exact) mass is 414 g/mol. The zero-order chi connectivity index (χ0) is 20.8. The second-order valence-electron chi connectivity index (χ2n) is 6.47. The van der Waals surface area contributed by atoms with E-state index in [2.05, 4.69) is 5.32 Å². The van der Waals surface area contributed by atoms with Crippen molar-refractivity contribution in [2.24, 2.45) is 0 Å². The van der Waals surface area contributed by atoms with Gasteiger partial charge in [0.25, 0.3) is 17.7 Å². The number of esters is 1. The van der Waals surface area contributed by atoms with Gasteiger partial charge >= 0.3 is 5.97 Å². The van der Waals surface area contributed by atoms with Gasteiger partial charge in [-0.05, 0) is 36.2 Å². The Kier molecular flexibility index (Phi) is 6.61. The SMILES string of the molecule is O=C(COC(=O)CCCN1C(=O)c2ccccc2C1=O)NCc1ccc(Cl)cc1. The Labute approximate surface area is 172 Å². The molecule has 0 saturated heterocycles. The second kappa shape index (κ2) is 9.34. The summed E-state index contributed by atoms with van der Waals surface area (Å²) < 4.78 is 4.93. The van der Waals surface area contributed by atoms with Crippen LogP contribution < -0.4 is 5.32 Å². The number of carbonyl (C=O) groups excluding carboxylic acids is 4. The molecule has 1 N–H and O–H groups in total. The summed E-state index contributed by atoms with van der Waals surface area (Å²) in [5, 5.41) is 3.25. The van der Waals surface area contributed by atoms with Crippen LogP contribution in [0.4, 0.5) is 0 Å². The van der Waals surface area contributed by atoms with Crippen molar-refractivity contribution in [1.82, 2.24) is 10.2 Å². The Balaban J connectivity index is 1.35. The minimum atomic E-state index is -0.566. The summed E-state index contributed by atoms with van der Waals surface area (Å²) in [4.78, 5) is 49.2. The van der Waals surface area contributed by atoms with E-state index < -0.39 is 11.9 Å². The molecule has 2 aromatic rings. The third-order valence-electron chi connectivity index (χ3n) is 4.41. The summed E-state index contributed by atoms with van der Waals surface area (Å²) in [6.07, 6.45) is 0.258. The van der Waals surface area contributed by atoms with Crippen molar-refractivity contribution < 1.29 is 23.9 Å². The van der Waals surface area contributed by atoms with Crippen molar-refractivity contribution in [1.29, 1.82) is 0 Å². The molecule has 0 atom stereocenters. The first-order chi connectivity index (χ1) is 14.0. The van der Waals surface area contributed by atoms with Crippen LogP contribution in [0.2, 0.25) is 5.02 Å². The topological polar surface area (TPSA) is 92.8 Å². The molecule has 1 aliphatic heterocycles. The van der Waals surface area contributed by atoms with E-state index in [1.807, 2.05) is 0 Å². The normalized spacial score (nSPS) is 12.7. The van der Waals surface area contributed by atoms with Gasteiger partial charge in [0.1, 0.15) is 0 Å². The number of fused-ring (bicyclic) bond motifs is 1. The Morgan fingerprint density at radius 3 is 2.21 bits per heavy atom. The van der Waals surface area contributed by atoms with Gasteiger partial charge in [0, 0.05) is 24.5 Å². The van der Waals surface area contributed by atoms with Gasteiger partial charge in [-0.2, -0.15) is 0 Å². The van der Waals surface area contributed by atoms with Gasteiger partial charge in [-0.3, -0.25) is 24.1 Å². The highest BCUT2D eigenvalue weighted by molar-refractivity contribution is 6.30. The predicted octanol–water partition coefficient (Wildman–Crippen LogP) is 2.58. The Hall–Kier alpha value is -3.19. The highest BCUT2D eigenvalue weighted by Crippen LogP contribution is 2.22. The van der Waals surface area contributed by atoms with Gasteiger partial charge < -0.3 is 10.1 Å². The molecule has 3 rings (SSSR count). The maximum Gasteiger partial charge on any atom is 0.306 e. The number of nitrogens with zero attached hydrogens (tertiary/aromatic N) is 1. The molecular weight excluding hydrogens is 396 g/mol.